The number of hydrogen-bond acceptors (Lipinski definition) is 3. The van der Waals surface area contributed by atoms with Crippen LogP contribution in [0.1, 0.15) is 12.0 Å². The van der Waals surface area contributed by atoms with Gasteiger partial charge in [0.15, 0.2) is 0 Å². The van der Waals surface area contributed by atoms with Gasteiger partial charge in [0.05, 0.1) is 23.0 Å². The van der Waals surface area contributed by atoms with Crippen LogP contribution >= 0.6 is 11.6 Å². The van der Waals surface area contributed by atoms with Crippen LogP contribution in [0.2, 0.25) is 5.02 Å². The molecule has 2 amide bonds. The number of rotatable bonds is 3. The zero-order chi connectivity index (χ0) is 16.3. The zero-order valence-electron chi connectivity index (χ0n) is 11.3. The third-order valence-corrected chi connectivity index (χ3v) is 3.41. The molecule has 1 heterocycles. The van der Waals surface area contributed by atoms with E-state index in [0.29, 0.717) is 13.1 Å². The largest absolute Gasteiger partial charge is 0.417 e. The lowest BCUT2D eigenvalue weighted by molar-refractivity contribution is -0.137. The molecule has 5 nitrogen and oxygen atoms in total. The van der Waals surface area contributed by atoms with Crippen molar-refractivity contribution < 1.29 is 22.8 Å². The first kappa shape index (κ1) is 16.6. The smallest absolute Gasteiger partial charge is 0.353 e. The number of benzene rings is 1. The van der Waals surface area contributed by atoms with Crippen LogP contribution in [0.3, 0.4) is 0 Å². The van der Waals surface area contributed by atoms with Crippen LogP contribution in [-0.4, -0.2) is 30.9 Å². The highest BCUT2D eigenvalue weighted by molar-refractivity contribution is 6.31. The monoisotopic (exact) mass is 335 g/mol. The van der Waals surface area contributed by atoms with Crippen molar-refractivity contribution in [2.24, 2.45) is 0 Å². The topological polar surface area (TPSA) is 70.2 Å². The van der Waals surface area contributed by atoms with Crippen LogP contribution in [0, 0.1) is 0 Å². The maximum absolute atomic E-state index is 12.7. The summed E-state index contributed by atoms with van der Waals surface area (Å²) in [6.45, 7) is 1.01. The van der Waals surface area contributed by atoms with Crippen molar-refractivity contribution in [3.63, 3.8) is 0 Å². The summed E-state index contributed by atoms with van der Waals surface area (Å²) < 4.78 is 38.2. The molecule has 0 spiro atoms. The summed E-state index contributed by atoms with van der Waals surface area (Å²) in [7, 11) is 0. The molecule has 0 bridgehead atoms. The van der Waals surface area contributed by atoms with E-state index in [1.807, 2.05) is 0 Å². The van der Waals surface area contributed by atoms with Gasteiger partial charge in [0.25, 0.3) is 0 Å². The molecule has 1 aromatic rings. The number of carbonyl (C=O) groups excluding carboxylic acids is 2. The van der Waals surface area contributed by atoms with Crippen molar-refractivity contribution >= 4 is 29.1 Å². The van der Waals surface area contributed by atoms with Crippen molar-refractivity contribution in [1.82, 2.24) is 10.6 Å². The number of piperazine rings is 1. The summed E-state index contributed by atoms with van der Waals surface area (Å²) in [5.41, 5.74) is -1.06. The fourth-order valence-electron chi connectivity index (χ4n) is 2.03. The molecule has 1 aliphatic heterocycles. The Balaban J connectivity index is 2.04. The molecule has 120 valence electrons. The quantitative estimate of drug-likeness (QED) is 0.788. The van der Waals surface area contributed by atoms with Crippen molar-refractivity contribution in [3.05, 3.63) is 28.8 Å². The van der Waals surface area contributed by atoms with Crippen molar-refractivity contribution in [3.8, 4) is 0 Å². The van der Waals surface area contributed by atoms with Gasteiger partial charge in [-0.05, 0) is 18.2 Å². The third kappa shape index (κ3) is 4.11. The Hall–Kier alpha value is -1.80. The van der Waals surface area contributed by atoms with Gasteiger partial charge >= 0.3 is 6.18 Å². The van der Waals surface area contributed by atoms with Crippen molar-refractivity contribution in [2.75, 3.05) is 18.4 Å². The normalized spacial score (nSPS) is 18.7. The Kier molecular flexibility index (Phi) is 4.92. The van der Waals surface area contributed by atoms with E-state index in [2.05, 4.69) is 16.0 Å². The molecule has 0 aromatic heterocycles. The molecule has 22 heavy (non-hydrogen) atoms. The first-order chi connectivity index (χ1) is 10.3. The molecule has 1 aliphatic rings. The molecule has 0 radical (unpaired) electrons. The third-order valence-electron chi connectivity index (χ3n) is 3.08. The van der Waals surface area contributed by atoms with E-state index in [4.69, 9.17) is 11.6 Å². The van der Waals surface area contributed by atoms with E-state index in [0.717, 1.165) is 12.1 Å². The van der Waals surface area contributed by atoms with Crippen molar-refractivity contribution in [2.45, 2.75) is 18.6 Å². The lowest BCUT2D eigenvalue weighted by atomic mass is 10.1. The second-order valence-corrected chi connectivity index (χ2v) is 5.15. The fraction of sp³-hybridized carbons (Fsp3) is 0.385. The van der Waals surface area contributed by atoms with E-state index >= 15 is 0 Å². The highest BCUT2D eigenvalue weighted by Gasteiger charge is 2.33. The van der Waals surface area contributed by atoms with Gasteiger partial charge in [0.1, 0.15) is 0 Å². The molecule has 1 aromatic carbocycles. The highest BCUT2D eigenvalue weighted by Crippen LogP contribution is 2.36. The molecule has 0 aliphatic carbocycles. The number of hydrogen-bond donors (Lipinski definition) is 3. The van der Waals surface area contributed by atoms with Gasteiger partial charge in [0.2, 0.25) is 11.8 Å². The van der Waals surface area contributed by atoms with Crippen LogP contribution in [0.25, 0.3) is 0 Å². The average molecular weight is 336 g/mol. The Morgan fingerprint density at radius 3 is 2.73 bits per heavy atom. The summed E-state index contributed by atoms with van der Waals surface area (Å²) in [6.07, 6.45) is -4.78. The molecule has 9 heteroatoms. The van der Waals surface area contributed by atoms with E-state index in [-0.39, 0.29) is 18.0 Å². The van der Waals surface area contributed by atoms with Crippen LogP contribution in [0.5, 0.6) is 0 Å². The standard InChI is InChI=1S/C13H13ClF3N3O2/c14-9-2-1-7(5-8(9)13(15,16)17)20-11(21)6-10-12(22)19-4-3-18-10/h1-2,5,10,18H,3-4,6H2,(H,19,22)(H,20,21)/t10-/m1/s1. The Bertz CT molecular complexity index is 592. The van der Waals surface area contributed by atoms with Crippen molar-refractivity contribution in [1.29, 1.82) is 0 Å². The van der Waals surface area contributed by atoms with E-state index in [1.54, 1.807) is 0 Å². The highest BCUT2D eigenvalue weighted by atomic mass is 35.5. The lowest BCUT2D eigenvalue weighted by Gasteiger charge is -2.23. The van der Waals surface area contributed by atoms with Crippen LogP contribution in [0.15, 0.2) is 18.2 Å². The maximum atomic E-state index is 12.7. The number of amides is 2. The molecule has 2 rings (SSSR count). The van der Waals surface area contributed by atoms with E-state index in [9.17, 15) is 22.8 Å². The van der Waals surface area contributed by atoms with Gasteiger partial charge in [-0.1, -0.05) is 11.6 Å². The summed E-state index contributed by atoms with van der Waals surface area (Å²) >= 11 is 5.50. The fourth-order valence-corrected chi connectivity index (χ4v) is 2.26. The zero-order valence-corrected chi connectivity index (χ0v) is 12.0. The molecule has 1 saturated heterocycles. The minimum absolute atomic E-state index is 0.0297. The Labute approximate surface area is 129 Å². The summed E-state index contributed by atoms with van der Waals surface area (Å²) in [6, 6.07) is 2.40. The predicted molar refractivity (Wildman–Crippen MR) is 74.5 cm³/mol. The molecule has 1 atom stereocenters. The minimum atomic E-state index is -4.61. The second-order valence-electron chi connectivity index (χ2n) is 4.74. The summed E-state index contributed by atoms with van der Waals surface area (Å²) in [4.78, 5) is 23.3. The van der Waals surface area contributed by atoms with Gasteiger partial charge in [-0.3, -0.25) is 9.59 Å². The number of carbonyl (C=O) groups is 2. The van der Waals surface area contributed by atoms with E-state index in [1.165, 1.54) is 6.07 Å². The minimum Gasteiger partial charge on any atom is -0.353 e. The van der Waals surface area contributed by atoms with Gasteiger partial charge < -0.3 is 16.0 Å². The summed E-state index contributed by atoms with van der Waals surface area (Å²) in [5.74, 6) is -0.876. The van der Waals surface area contributed by atoms with E-state index < -0.39 is 28.7 Å². The maximum Gasteiger partial charge on any atom is 0.417 e. The molecule has 0 saturated carbocycles. The van der Waals surface area contributed by atoms with Gasteiger partial charge in [-0.2, -0.15) is 13.2 Å². The predicted octanol–water partition coefficient (Wildman–Crippen LogP) is 1.78. The lowest BCUT2D eigenvalue weighted by Crippen LogP contribution is -2.53. The SMILES string of the molecule is O=C(C[C@H]1NCCNC1=O)Nc1ccc(Cl)c(C(F)(F)F)c1. The Morgan fingerprint density at radius 2 is 2.09 bits per heavy atom. The molecular weight excluding hydrogens is 323 g/mol. The first-order valence-corrected chi connectivity index (χ1v) is 6.83. The second kappa shape index (κ2) is 6.53. The van der Waals surface area contributed by atoms with Crippen LogP contribution in [-0.2, 0) is 15.8 Å². The van der Waals surface area contributed by atoms with Crippen LogP contribution in [0.4, 0.5) is 18.9 Å². The van der Waals surface area contributed by atoms with Gasteiger partial charge in [-0.15, -0.1) is 0 Å². The van der Waals surface area contributed by atoms with Crippen LogP contribution < -0.4 is 16.0 Å². The Morgan fingerprint density at radius 1 is 1.36 bits per heavy atom. The molecule has 0 unspecified atom stereocenters. The number of halogens is 4. The number of anilines is 1. The average Bonchev–Trinajstić information content (AvgIpc) is 2.42. The van der Waals surface area contributed by atoms with Gasteiger partial charge in [-0.25, -0.2) is 0 Å². The summed E-state index contributed by atoms with van der Waals surface area (Å²) in [5, 5.41) is 7.33. The molecular formula is C13H13ClF3N3O2. The number of alkyl halides is 3. The van der Waals surface area contributed by atoms with Gasteiger partial charge in [0, 0.05) is 18.8 Å². The number of nitrogens with one attached hydrogen (secondary N) is 3. The molecule has 3 N–H and O–H groups in total. The molecule has 1 fully saturated rings. The first-order valence-electron chi connectivity index (χ1n) is 6.45.